The number of carboxylic acids is 1. The zero-order valence-corrected chi connectivity index (χ0v) is 32.7. The minimum Gasteiger partial charge on any atom is -0.481 e. The van der Waals surface area contributed by atoms with Gasteiger partial charge in [-0.1, -0.05) is 60.1 Å². The molecule has 50 heavy (non-hydrogen) atoms. The average molecular weight is 699 g/mol. The summed E-state index contributed by atoms with van der Waals surface area (Å²) in [6.07, 6.45) is 8.32. The van der Waals surface area contributed by atoms with Gasteiger partial charge in [-0.05, 0) is 118 Å². The molecule has 2 heterocycles. The number of carbonyl (C=O) groups is 3. The van der Waals surface area contributed by atoms with Gasteiger partial charge in [-0.3, -0.25) is 19.3 Å². The third-order valence-corrected chi connectivity index (χ3v) is 16.3. The molecule has 1 N–H and O–H groups in total. The lowest BCUT2D eigenvalue weighted by Gasteiger charge is -2.71. The molecule has 0 radical (unpaired) electrons. The first-order valence-corrected chi connectivity index (χ1v) is 19.6. The van der Waals surface area contributed by atoms with Gasteiger partial charge in [0.1, 0.15) is 12.2 Å². The molecule has 5 fully saturated rings. The van der Waals surface area contributed by atoms with E-state index in [2.05, 4.69) is 71.4 Å². The number of hydrogen-bond acceptors (Lipinski definition) is 8. The predicted octanol–water partition coefficient (Wildman–Crippen LogP) is 6.44. The molecule has 9 nitrogen and oxygen atoms in total. The fourth-order valence-corrected chi connectivity index (χ4v) is 13.1. The molecule has 0 unspecified atom stereocenters. The van der Waals surface area contributed by atoms with Gasteiger partial charge in [-0.25, -0.2) is 0 Å². The molecular weight excluding hydrogens is 632 g/mol. The Morgan fingerprint density at radius 2 is 1.68 bits per heavy atom. The Balaban J connectivity index is 1.33. The Bertz CT molecular complexity index is 1370. The lowest BCUT2D eigenvalue weighted by atomic mass is 9.34. The fourth-order valence-electron chi connectivity index (χ4n) is 13.1. The second-order valence-corrected chi connectivity index (χ2v) is 19.1. The molecule has 11 atom stereocenters. The van der Waals surface area contributed by atoms with Crippen LogP contribution in [-0.2, 0) is 28.6 Å². The van der Waals surface area contributed by atoms with Gasteiger partial charge in [0.05, 0.1) is 25.7 Å². The lowest BCUT2D eigenvalue weighted by Crippen LogP contribution is -2.70. The highest BCUT2D eigenvalue weighted by molar-refractivity contribution is 5.73. The molecule has 3 saturated carbocycles. The first-order valence-electron chi connectivity index (χ1n) is 19.6. The molecule has 2 bridgehead atoms. The summed E-state index contributed by atoms with van der Waals surface area (Å²) in [5.41, 5.74) is -0.429. The van der Waals surface area contributed by atoms with Crippen molar-refractivity contribution in [3.05, 3.63) is 11.6 Å². The van der Waals surface area contributed by atoms with E-state index in [1.54, 1.807) is 0 Å². The standard InChI is InChI=1S/C41H66N2O7/c1-25(2)26(3)37(5)17-18-39(7)29-11-12-32-38(6)23-48-24-41(32,30(29)13-16-40(39,8)34(37)36(46)47)21-31(49-27(4)44)35(38)50-33(45)22-43(10)28-14-19-42(9)20-15-28/h13,25-26,28-29,31-32,34-35H,11-12,14-24H2,1-10H3,(H,46,47)/t26-,29+,31-,32+,34-,35+,37-,38-,39-,40+,41+/m1/s1. The van der Waals surface area contributed by atoms with Gasteiger partial charge in [0.2, 0.25) is 0 Å². The number of carbonyl (C=O) groups excluding carboxylic acids is 2. The Hall–Kier alpha value is -1.97. The van der Waals surface area contributed by atoms with Gasteiger partial charge < -0.3 is 24.2 Å². The van der Waals surface area contributed by atoms with E-state index in [9.17, 15) is 19.5 Å². The number of aliphatic carboxylic acids is 1. The largest absolute Gasteiger partial charge is 0.481 e. The van der Waals surface area contributed by atoms with Crippen LogP contribution in [0.1, 0.15) is 107 Å². The Morgan fingerprint density at radius 3 is 2.30 bits per heavy atom. The van der Waals surface area contributed by atoms with Crippen LogP contribution in [0.3, 0.4) is 0 Å². The molecule has 282 valence electrons. The highest BCUT2D eigenvalue weighted by atomic mass is 16.6. The van der Waals surface area contributed by atoms with Gasteiger partial charge in [0.15, 0.2) is 0 Å². The van der Waals surface area contributed by atoms with E-state index in [4.69, 9.17) is 14.2 Å². The van der Waals surface area contributed by atoms with Gasteiger partial charge in [0.25, 0.3) is 0 Å². The Kier molecular flexibility index (Phi) is 9.94. The van der Waals surface area contributed by atoms with Crippen LogP contribution < -0.4 is 0 Å². The summed E-state index contributed by atoms with van der Waals surface area (Å²) in [7, 11) is 4.15. The van der Waals surface area contributed by atoms with Crippen LogP contribution in [0.25, 0.3) is 0 Å². The topological polar surface area (TPSA) is 106 Å². The van der Waals surface area contributed by atoms with Crippen LogP contribution in [0, 0.1) is 56.7 Å². The van der Waals surface area contributed by atoms with Crippen molar-refractivity contribution in [3.8, 4) is 0 Å². The number of rotatable bonds is 8. The molecule has 0 amide bonds. The van der Waals surface area contributed by atoms with Gasteiger partial charge in [-0.2, -0.15) is 0 Å². The van der Waals surface area contributed by atoms with E-state index in [1.807, 2.05) is 7.05 Å². The van der Waals surface area contributed by atoms with Crippen LogP contribution >= 0.6 is 0 Å². The number of esters is 2. The van der Waals surface area contributed by atoms with E-state index in [-0.39, 0.29) is 52.5 Å². The average Bonchev–Trinajstić information content (AvgIpc) is 3.03. The maximum Gasteiger partial charge on any atom is 0.320 e. The van der Waals surface area contributed by atoms with Crippen LogP contribution in [0.5, 0.6) is 0 Å². The highest BCUT2D eigenvalue weighted by Crippen LogP contribution is 2.75. The molecule has 0 aromatic heterocycles. The summed E-state index contributed by atoms with van der Waals surface area (Å²) in [5.74, 6) is -0.672. The predicted molar refractivity (Wildman–Crippen MR) is 192 cm³/mol. The maximum absolute atomic E-state index is 13.7. The number of ether oxygens (including phenoxy) is 3. The summed E-state index contributed by atoms with van der Waals surface area (Å²) in [6, 6.07) is 0.336. The number of piperidine rings is 1. The van der Waals surface area contributed by atoms with Crippen LogP contribution in [0.4, 0.5) is 0 Å². The third kappa shape index (κ3) is 5.69. The number of hydrogen-bond donors (Lipinski definition) is 1. The van der Waals surface area contributed by atoms with Gasteiger partial charge >= 0.3 is 17.9 Å². The highest BCUT2D eigenvalue weighted by Gasteiger charge is 2.72. The molecule has 2 aliphatic heterocycles. The van der Waals surface area contributed by atoms with Crippen molar-refractivity contribution in [1.29, 1.82) is 0 Å². The second kappa shape index (κ2) is 13.2. The summed E-state index contributed by atoms with van der Waals surface area (Å²) >= 11 is 0. The number of likely N-dealkylation sites (N-methyl/N-ethyl adjacent to an activating group) is 1. The zero-order chi connectivity index (χ0) is 36.6. The number of nitrogens with zero attached hydrogens (tertiary/aromatic N) is 2. The summed E-state index contributed by atoms with van der Waals surface area (Å²) in [5, 5.41) is 11.0. The number of likely N-dealkylation sites (tertiary alicyclic amines) is 1. The number of fused-ring (bicyclic) bond motifs is 3. The van der Waals surface area contributed by atoms with Crippen molar-refractivity contribution in [2.75, 3.05) is 46.9 Å². The molecule has 6 aliphatic rings. The monoisotopic (exact) mass is 698 g/mol. The van der Waals surface area contributed by atoms with E-state index in [0.717, 1.165) is 51.6 Å². The van der Waals surface area contributed by atoms with Crippen molar-refractivity contribution in [1.82, 2.24) is 9.80 Å². The molecule has 2 saturated heterocycles. The molecule has 0 aromatic carbocycles. The van der Waals surface area contributed by atoms with Crippen LogP contribution in [0.15, 0.2) is 11.6 Å². The SMILES string of the molecule is CC(=O)O[C@@H]1C[C@@]23COC[C@](C)([C@@H]2CC[C@H]2C3=CC[C@@]3(C)[C@H](C(=O)O)[C@@](C)([C@H](C)C(C)C)CC[C@]23C)[C@H]1OC(=O)CN(C)C1CCN(C)CC1. The molecule has 9 heteroatoms. The zero-order valence-electron chi connectivity index (χ0n) is 32.7. The molecule has 4 aliphatic carbocycles. The van der Waals surface area contributed by atoms with Gasteiger partial charge in [-0.15, -0.1) is 0 Å². The van der Waals surface area contributed by atoms with Crippen LogP contribution in [-0.4, -0.2) is 98.0 Å². The van der Waals surface area contributed by atoms with E-state index in [1.165, 1.54) is 12.5 Å². The summed E-state index contributed by atoms with van der Waals surface area (Å²) in [6.45, 7) is 20.5. The third-order valence-electron chi connectivity index (χ3n) is 16.3. The Labute approximate surface area is 301 Å². The van der Waals surface area contributed by atoms with Crippen molar-refractivity contribution in [3.63, 3.8) is 0 Å². The maximum atomic E-state index is 13.7. The first kappa shape index (κ1) is 37.8. The molecule has 0 spiro atoms. The van der Waals surface area contributed by atoms with Crippen molar-refractivity contribution >= 4 is 17.9 Å². The van der Waals surface area contributed by atoms with Crippen molar-refractivity contribution in [2.24, 2.45) is 56.7 Å². The van der Waals surface area contributed by atoms with Crippen molar-refractivity contribution < 1.29 is 33.7 Å². The summed E-state index contributed by atoms with van der Waals surface area (Å²) < 4.78 is 19.2. The van der Waals surface area contributed by atoms with E-state index in [0.29, 0.717) is 38.0 Å². The number of allylic oxidation sites excluding steroid dienone is 1. The summed E-state index contributed by atoms with van der Waals surface area (Å²) in [4.78, 5) is 44.2. The van der Waals surface area contributed by atoms with Crippen LogP contribution in [0.2, 0.25) is 0 Å². The minimum atomic E-state index is -0.663. The molecule has 0 aromatic rings. The van der Waals surface area contributed by atoms with E-state index >= 15 is 0 Å². The lowest BCUT2D eigenvalue weighted by molar-refractivity contribution is -0.263. The minimum absolute atomic E-state index is 0.195. The smallest absolute Gasteiger partial charge is 0.320 e. The second-order valence-electron chi connectivity index (χ2n) is 19.1. The van der Waals surface area contributed by atoms with Crippen molar-refractivity contribution in [2.45, 2.75) is 125 Å². The van der Waals surface area contributed by atoms with E-state index < -0.39 is 34.9 Å². The molecule has 6 rings (SSSR count). The normalized spacial score (nSPS) is 44.0. The van der Waals surface area contributed by atoms with Gasteiger partial charge in [0, 0.05) is 23.8 Å². The Morgan fingerprint density at radius 1 is 1.00 bits per heavy atom. The number of carboxylic acid groups (broad SMARTS) is 1. The fraction of sp³-hybridized carbons (Fsp3) is 0.878. The first-order chi connectivity index (χ1) is 23.3. The molecular formula is C41H66N2O7. The quantitative estimate of drug-likeness (QED) is 0.226.